The number of hydrogen-bond acceptors (Lipinski definition) is 4. The van der Waals surface area contributed by atoms with Gasteiger partial charge in [0.25, 0.3) is 5.91 Å². The molecule has 28 heavy (non-hydrogen) atoms. The van der Waals surface area contributed by atoms with Crippen LogP contribution in [0.25, 0.3) is 0 Å². The third-order valence-electron chi connectivity index (χ3n) is 5.44. The Hall–Kier alpha value is -2.95. The summed E-state index contributed by atoms with van der Waals surface area (Å²) in [6.45, 7) is 6.36. The van der Waals surface area contributed by atoms with Gasteiger partial charge in [0, 0.05) is 17.3 Å². The van der Waals surface area contributed by atoms with E-state index in [1.807, 2.05) is 49.5 Å². The number of hydrogen-bond donors (Lipinski definition) is 1. The molecule has 2 aliphatic heterocycles. The van der Waals surface area contributed by atoms with Gasteiger partial charge in [-0.1, -0.05) is 49.1 Å². The first-order valence-corrected chi connectivity index (χ1v) is 9.71. The summed E-state index contributed by atoms with van der Waals surface area (Å²) in [6, 6.07) is -0.420. The SMILES string of the molecule is C=C1N(C(=O)/C(=C\C)NCC2=C\C\C=C/C=C\C=C\C=N/2)C(C=O)CC12CC2. The minimum absolute atomic E-state index is 0.0333. The maximum absolute atomic E-state index is 13.1. The van der Waals surface area contributed by atoms with Gasteiger partial charge in [-0.2, -0.15) is 0 Å². The first-order valence-electron chi connectivity index (χ1n) is 9.71. The molecule has 1 saturated heterocycles. The first-order chi connectivity index (χ1) is 13.6. The summed E-state index contributed by atoms with van der Waals surface area (Å²) in [5, 5.41) is 3.20. The van der Waals surface area contributed by atoms with Gasteiger partial charge in [0.05, 0.1) is 24.0 Å². The molecule has 1 spiro atoms. The molecule has 0 aromatic carbocycles. The van der Waals surface area contributed by atoms with Crippen LogP contribution in [0.4, 0.5) is 0 Å². The van der Waals surface area contributed by atoms with Gasteiger partial charge in [-0.25, -0.2) is 0 Å². The van der Waals surface area contributed by atoms with Gasteiger partial charge in [0.1, 0.15) is 6.29 Å². The number of aliphatic imine (C=N–C) groups is 1. The van der Waals surface area contributed by atoms with Crippen molar-refractivity contribution in [1.82, 2.24) is 10.2 Å². The third-order valence-corrected chi connectivity index (χ3v) is 5.44. The molecule has 1 aliphatic carbocycles. The Kier molecular flexibility index (Phi) is 6.24. The lowest BCUT2D eigenvalue weighted by atomic mass is 10.0. The molecule has 3 rings (SSSR count). The van der Waals surface area contributed by atoms with Crippen molar-refractivity contribution >= 4 is 18.4 Å². The molecule has 3 aliphatic rings. The Morgan fingerprint density at radius 2 is 2.07 bits per heavy atom. The Morgan fingerprint density at radius 1 is 1.32 bits per heavy atom. The molecule has 5 heteroatoms. The largest absolute Gasteiger partial charge is 0.375 e. The third kappa shape index (κ3) is 4.30. The van der Waals surface area contributed by atoms with Crippen molar-refractivity contribution in [2.24, 2.45) is 10.4 Å². The van der Waals surface area contributed by atoms with E-state index in [4.69, 9.17) is 0 Å². The molecule has 1 amide bonds. The van der Waals surface area contributed by atoms with Crippen LogP contribution in [0.3, 0.4) is 0 Å². The molecule has 2 fully saturated rings. The summed E-state index contributed by atoms with van der Waals surface area (Å²) in [5.41, 5.74) is 2.05. The molecule has 1 atom stereocenters. The van der Waals surface area contributed by atoms with Gasteiger partial charge in [0.15, 0.2) is 0 Å². The monoisotopic (exact) mass is 377 g/mol. The zero-order chi connectivity index (χ0) is 20.0. The topological polar surface area (TPSA) is 61.8 Å². The molecular weight excluding hydrogens is 350 g/mol. The number of likely N-dealkylation sites (tertiary alicyclic amines) is 1. The lowest BCUT2D eigenvalue weighted by Crippen LogP contribution is -2.39. The zero-order valence-electron chi connectivity index (χ0n) is 16.3. The highest BCUT2D eigenvalue weighted by atomic mass is 16.2. The average Bonchev–Trinajstić information content (AvgIpc) is 3.43. The molecule has 1 unspecified atom stereocenters. The summed E-state index contributed by atoms with van der Waals surface area (Å²) < 4.78 is 0. The minimum Gasteiger partial charge on any atom is -0.375 e. The van der Waals surface area contributed by atoms with Crippen LogP contribution in [0.2, 0.25) is 0 Å². The normalized spacial score (nSPS) is 30.0. The molecule has 146 valence electrons. The summed E-state index contributed by atoms with van der Waals surface area (Å²) in [7, 11) is 0. The van der Waals surface area contributed by atoms with Crippen molar-refractivity contribution in [3.8, 4) is 0 Å². The van der Waals surface area contributed by atoms with Crippen LogP contribution < -0.4 is 5.32 Å². The van der Waals surface area contributed by atoms with Crippen LogP contribution in [0.15, 0.2) is 77.3 Å². The van der Waals surface area contributed by atoms with Crippen molar-refractivity contribution in [1.29, 1.82) is 0 Å². The maximum atomic E-state index is 13.1. The number of aldehydes is 1. The van der Waals surface area contributed by atoms with Crippen LogP contribution in [-0.2, 0) is 9.59 Å². The van der Waals surface area contributed by atoms with Crippen molar-refractivity contribution in [3.63, 3.8) is 0 Å². The summed E-state index contributed by atoms with van der Waals surface area (Å²) in [5.74, 6) is -0.196. The fraction of sp³-hybridized carbons (Fsp3) is 0.348. The van der Waals surface area contributed by atoms with E-state index in [0.29, 0.717) is 18.7 Å². The van der Waals surface area contributed by atoms with Crippen LogP contribution in [-0.4, -0.2) is 35.9 Å². The van der Waals surface area contributed by atoms with E-state index >= 15 is 0 Å². The van der Waals surface area contributed by atoms with Crippen LogP contribution in [0.1, 0.15) is 32.6 Å². The van der Waals surface area contributed by atoms with Gasteiger partial charge < -0.3 is 15.0 Å². The van der Waals surface area contributed by atoms with Gasteiger partial charge in [0.2, 0.25) is 0 Å². The second kappa shape index (κ2) is 8.83. The van der Waals surface area contributed by atoms with Crippen LogP contribution in [0.5, 0.6) is 0 Å². The van der Waals surface area contributed by atoms with E-state index in [1.165, 1.54) is 0 Å². The van der Waals surface area contributed by atoms with Crippen molar-refractivity contribution < 1.29 is 9.59 Å². The highest BCUT2D eigenvalue weighted by molar-refractivity contribution is 5.96. The predicted octanol–water partition coefficient (Wildman–Crippen LogP) is 3.60. The fourth-order valence-electron chi connectivity index (χ4n) is 3.62. The van der Waals surface area contributed by atoms with Gasteiger partial charge in [-0.05, 0) is 38.7 Å². The van der Waals surface area contributed by atoms with Crippen molar-refractivity contribution in [2.75, 3.05) is 6.54 Å². The highest BCUT2D eigenvalue weighted by Gasteiger charge is 2.56. The average molecular weight is 377 g/mol. The van der Waals surface area contributed by atoms with Gasteiger partial charge in [-0.15, -0.1) is 0 Å². The number of allylic oxidation sites excluding steroid dienone is 9. The number of nitrogens with zero attached hydrogens (tertiary/aromatic N) is 2. The second-order valence-corrected chi connectivity index (χ2v) is 7.27. The first kappa shape index (κ1) is 19.8. The molecule has 0 bridgehead atoms. The molecule has 0 radical (unpaired) electrons. The lowest BCUT2D eigenvalue weighted by Gasteiger charge is -2.24. The van der Waals surface area contributed by atoms with E-state index in [-0.39, 0.29) is 11.3 Å². The second-order valence-electron chi connectivity index (χ2n) is 7.27. The molecule has 5 nitrogen and oxygen atoms in total. The summed E-state index contributed by atoms with van der Waals surface area (Å²) in [6.07, 6.45) is 21.6. The summed E-state index contributed by atoms with van der Waals surface area (Å²) in [4.78, 5) is 30.7. The highest BCUT2D eigenvalue weighted by Crippen LogP contribution is 2.60. The molecule has 2 heterocycles. The lowest BCUT2D eigenvalue weighted by molar-refractivity contribution is -0.129. The number of nitrogens with one attached hydrogen (secondary N) is 1. The molecule has 1 N–H and O–H groups in total. The Morgan fingerprint density at radius 3 is 2.79 bits per heavy atom. The minimum atomic E-state index is -0.420. The molecular formula is C23H27N3O2. The van der Waals surface area contributed by atoms with Crippen LogP contribution in [0, 0.1) is 5.41 Å². The van der Waals surface area contributed by atoms with Gasteiger partial charge in [-0.3, -0.25) is 9.79 Å². The fourth-order valence-corrected chi connectivity index (χ4v) is 3.62. The molecule has 1 saturated carbocycles. The number of amides is 1. The number of carbonyl (C=O) groups excluding carboxylic acids is 2. The smallest absolute Gasteiger partial charge is 0.274 e. The molecule has 0 aromatic heterocycles. The van der Waals surface area contributed by atoms with E-state index in [9.17, 15) is 9.59 Å². The standard InChI is InChI=1S/C23H27N3O2/c1-3-21(22(28)26-18(2)23(12-13-23)15-20(26)17-27)25-16-19-11-9-7-5-4-6-8-10-14-24-19/h3-8,10-11,14,17,20,25H,2,9,12-13,15-16H2,1H3/b6-4-,7-5-,10-8+,19-11-,21-3+,24-14-. The van der Waals surface area contributed by atoms with E-state index in [1.54, 1.807) is 17.2 Å². The Balaban J connectivity index is 1.68. The number of carbonyl (C=O) groups is 2. The quantitative estimate of drug-likeness (QED) is 0.588. The van der Waals surface area contributed by atoms with Crippen LogP contribution >= 0.6 is 0 Å². The van der Waals surface area contributed by atoms with Crippen molar-refractivity contribution in [2.45, 2.75) is 38.6 Å². The summed E-state index contributed by atoms with van der Waals surface area (Å²) >= 11 is 0. The molecule has 0 aromatic rings. The van der Waals surface area contributed by atoms with Crippen molar-refractivity contribution in [3.05, 3.63) is 72.3 Å². The Labute approximate surface area is 166 Å². The van der Waals surface area contributed by atoms with E-state index in [0.717, 1.165) is 36.9 Å². The number of rotatable bonds is 5. The maximum Gasteiger partial charge on any atom is 0.274 e. The van der Waals surface area contributed by atoms with Gasteiger partial charge >= 0.3 is 0 Å². The predicted molar refractivity (Wildman–Crippen MR) is 112 cm³/mol. The van der Waals surface area contributed by atoms with E-state index < -0.39 is 6.04 Å². The van der Waals surface area contributed by atoms with E-state index in [2.05, 4.69) is 16.9 Å². The zero-order valence-corrected chi connectivity index (χ0v) is 16.3. The Bertz CT molecular complexity index is 823.